The predicted octanol–water partition coefficient (Wildman–Crippen LogP) is 2.70. The molecule has 1 amide bonds. The number of rotatable bonds is 5. The Kier molecular flexibility index (Phi) is 4.56. The van der Waals surface area contributed by atoms with Crippen LogP contribution in [0.2, 0.25) is 0 Å². The Morgan fingerprint density at radius 2 is 1.95 bits per heavy atom. The van der Waals surface area contributed by atoms with Gasteiger partial charge in [0.05, 0.1) is 6.20 Å². The van der Waals surface area contributed by atoms with Crippen molar-refractivity contribution in [1.29, 1.82) is 0 Å². The summed E-state index contributed by atoms with van der Waals surface area (Å²) in [5.41, 5.74) is 4.10. The number of aryl methyl sites for hydroxylation is 2. The Balaban J connectivity index is 1.98. The molecule has 4 heteroatoms. The van der Waals surface area contributed by atoms with Crippen LogP contribution >= 0.6 is 0 Å². The predicted molar refractivity (Wildman–Crippen MR) is 79.6 cm³/mol. The van der Waals surface area contributed by atoms with E-state index in [0.717, 1.165) is 24.2 Å². The van der Waals surface area contributed by atoms with Crippen LogP contribution in [0.4, 0.5) is 0 Å². The molecule has 0 fully saturated rings. The van der Waals surface area contributed by atoms with Crippen molar-refractivity contribution in [2.75, 3.05) is 0 Å². The van der Waals surface area contributed by atoms with Gasteiger partial charge in [-0.05, 0) is 38.0 Å². The Morgan fingerprint density at radius 3 is 2.50 bits per heavy atom. The van der Waals surface area contributed by atoms with Gasteiger partial charge in [-0.2, -0.15) is 5.10 Å². The molecule has 0 aliphatic rings. The summed E-state index contributed by atoms with van der Waals surface area (Å²) >= 11 is 0. The minimum absolute atomic E-state index is 0.0451. The van der Waals surface area contributed by atoms with Gasteiger partial charge in [-0.3, -0.25) is 9.48 Å². The molecule has 0 aliphatic heterocycles. The Hall–Kier alpha value is -2.10. The van der Waals surface area contributed by atoms with Crippen molar-refractivity contribution < 1.29 is 4.79 Å². The summed E-state index contributed by atoms with van der Waals surface area (Å²) in [6.45, 7) is 7.54. The number of hydrogen-bond donors (Lipinski definition) is 1. The van der Waals surface area contributed by atoms with Crippen molar-refractivity contribution in [3.05, 3.63) is 52.8 Å². The average Bonchev–Trinajstić information content (AvgIpc) is 2.85. The van der Waals surface area contributed by atoms with Gasteiger partial charge in [-0.1, -0.05) is 19.1 Å². The third kappa shape index (κ3) is 3.07. The molecular weight excluding hydrogens is 250 g/mol. The molecule has 1 aromatic heterocycles. The highest BCUT2D eigenvalue weighted by molar-refractivity contribution is 5.94. The first-order chi connectivity index (χ1) is 9.65. The SMILES string of the molecule is CCc1ccc(C(=O)NCc2cnn(CC)c2C)cc1. The fourth-order valence-corrected chi connectivity index (χ4v) is 2.15. The van der Waals surface area contributed by atoms with Gasteiger partial charge in [0.2, 0.25) is 0 Å². The van der Waals surface area contributed by atoms with Crippen LogP contribution in [-0.2, 0) is 19.5 Å². The number of hydrogen-bond acceptors (Lipinski definition) is 2. The van der Waals surface area contributed by atoms with Gasteiger partial charge >= 0.3 is 0 Å². The summed E-state index contributed by atoms with van der Waals surface area (Å²) in [7, 11) is 0. The van der Waals surface area contributed by atoms with Gasteiger partial charge < -0.3 is 5.32 Å². The van der Waals surface area contributed by atoms with E-state index < -0.39 is 0 Å². The monoisotopic (exact) mass is 271 g/mol. The van der Waals surface area contributed by atoms with Crippen LogP contribution in [0.1, 0.15) is 41.0 Å². The molecule has 1 N–H and O–H groups in total. The average molecular weight is 271 g/mol. The maximum Gasteiger partial charge on any atom is 0.251 e. The summed E-state index contributed by atoms with van der Waals surface area (Å²) in [6, 6.07) is 7.73. The summed E-state index contributed by atoms with van der Waals surface area (Å²) in [5.74, 6) is -0.0451. The van der Waals surface area contributed by atoms with Crippen LogP contribution in [0.3, 0.4) is 0 Å². The zero-order valence-corrected chi connectivity index (χ0v) is 12.3. The first kappa shape index (κ1) is 14.3. The highest BCUT2D eigenvalue weighted by Crippen LogP contribution is 2.08. The normalized spacial score (nSPS) is 10.6. The van der Waals surface area contributed by atoms with Crippen molar-refractivity contribution in [2.45, 2.75) is 40.3 Å². The molecule has 0 saturated carbocycles. The van der Waals surface area contributed by atoms with E-state index in [0.29, 0.717) is 12.1 Å². The number of benzene rings is 1. The maximum atomic E-state index is 12.1. The summed E-state index contributed by atoms with van der Waals surface area (Å²) in [4.78, 5) is 12.1. The van der Waals surface area contributed by atoms with Gasteiger partial charge in [0.1, 0.15) is 0 Å². The van der Waals surface area contributed by atoms with Crippen molar-refractivity contribution in [2.24, 2.45) is 0 Å². The van der Waals surface area contributed by atoms with Crippen molar-refractivity contribution >= 4 is 5.91 Å². The number of carbonyl (C=O) groups excluding carboxylic acids is 1. The van der Waals surface area contributed by atoms with E-state index >= 15 is 0 Å². The van der Waals surface area contributed by atoms with Crippen molar-refractivity contribution in [1.82, 2.24) is 15.1 Å². The number of carbonyl (C=O) groups is 1. The molecule has 2 aromatic rings. The zero-order chi connectivity index (χ0) is 14.5. The van der Waals surface area contributed by atoms with E-state index in [1.807, 2.05) is 42.1 Å². The first-order valence-electron chi connectivity index (χ1n) is 7.04. The van der Waals surface area contributed by atoms with E-state index in [4.69, 9.17) is 0 Å². The first-order valence-corrected chi connectivity index (χ1v) is 7.04. The third-order valence-electron chi connectivity index (χ3n) is 3.57. The fraction of sp³-hybridized carbons (Fsp3) is 0.375. The van der Waals surface area contributed by atoms with Crippen LogP contribution in [0.15, 0.2) is 30.5 Å². The number of nitrogens with one attached hydrogen (secondary N) is 1. The van der Waals surface area contributed by atoms with Crippen molar-refractivity contribution in [3.63, 3.8) is 0 Å². The molecule has 0 radical (unpaired) electrons. The van der Waals surface area contributed by atoms with E-state index in [1.54, 1.807) is 0 Å². The third-order valence-corrected chi connectivity index (χ3v) is 3.57. The van der Waals surface area contributed by atoms with Gasteiger partial charge in [-0.25, -0.2) is 0 Å². The van der Waals surface area contributed by atoms with Gasteiger partial charge in [0, 0.05) is 29.9 Å². The summed E-state index contributed by atoms with van der Waals surface area (Å²) in [6.07, 6.45) is 2.80. The van der Waals surface area contributed by atoms with Crippen LogP contribution < -0.4 is 5.32 Å². The molecule has 0 bridgehead atoms. The Morgan fingerprint density at radius 1 is 1.25 bits per heavy atom. The molecule has 0 unspecified atom stereocenters. The summed E-state index contributed by atoms with van der Waals surface area (Å²) in [5, 5.41) is 7.21. The molecule has 0 atom stereocenters. The number of aromatic nitrogens is 2. The Labute approximate surface area is 119 Å². The molecule has 1 heterocycles. The molecule has 4 nitrogen and oxygen atoms in total. The Bertz CT molecular complexity index is 584. The standard InChI is InChI=1S/C16H21N3O/c1-4-13-6-8-14(9-7-13)16(20)17-10-15-11-18-19(5-2)12(15)3/h6-9,11H,4-5,10H2,1-3H3,(H,17,20). The lowest BCUT2D eigenvalue weighted by atomic mass is 10.1. The lowest BCUT2D eigenvalue weighted by Crippen LogP contribution is -2.23. The number of amides is 1. The van der Waals surface area contributed by atoms with Gasteiger partial charge in [0.15, 0.2) is 0 Å². The van der Waals surface area contributed by atoms with E-state index in [2.05, 4.69) is 24.3 Å². The zero-order valence-electron chi connectivity index (χ0n) is 12.3. The van der Waals surface area contributed by atoms with E-state index in [9.17, 15) is 4.79 Å². The molecule has 20 heavy (non-hydrogen) atoms. The molecular formula is C16H21N3O. The van der Waals surface area contributed by atoms with Gasteiger partial charge in [-0.15, -0.1) is 0 Å². The number of nitrogens with zero attached hydrogens (tertiary/aromatic N) is 2. The van der Waals surface area contributed by atoms with Crippen molar-refractivity contribution in [3.8, 4) is 0 Å². The van der Waals surface area contributed by atoms with Crippen LogP contribution in [0, 0.1) is 6.92 Å². The van der Waals surface area contributed by atoms with Crippen LogP contribution in [0.5, 0.6) is 0 Å². The largest absolute Gasteiger partial charge is 0.348 e. The smallest absolute Gasteiger partial charge is 0.251 e. The van der Waals surface area contributed by atoms with Crippen LogP contribution in [-0.4, -0.2) is 15.7 Å². The molecule has 0 saturated heterocycles. The highest BCUT2D eigenvalue weighted by Gasteiger charge is 2.08. The molecule has 1 aromatic carbocycles. The lowest BCUT2D eigenvalue weighted by molar-refractivity contribution is 0.0951. The highest BCUT2D eigenvalue weighted by atomic mass is 16.1. The molecule has 0 spiro atoms. The quantitative estimate of drug-likeness (QED) is 0.909. The molecule has 2 rings (SSSR count). The minimum atomic E-state index is -0.0451. The molecule has 106 valence electrons. The van der Waals surface area contributed by atoms with E-state index in [1.165, 1.54) is 5.56 Å². The second-order valence-corrected chi connectivity index (χ2v) is 4.80. The summed E-state index contributed by atoms with van der Waals surface area (Å²) < 4.78 is 1.93. The second kappa shape index (κ2) is 6.37. The second-order valence-electron chi connectivity index (χ2n) is 4.80. The fourth-order valence-electron chi connectivity index (χ4n) is 2.15. The molecule has 0 aliphatic carbocycles. The topological polar surface area (TPSA) is 46.9 Å². The minimum Gasteiger partial charge on any atom is -0.348 e. The van der Waals surface area contributed by atoms with Gasteiger partial charge in [0.25, 0.3) is 5.91 Å². The van der Waals surface area contributed by atoms with E-state index in [-0.39, 0.29) is 5.91 Å². The maximum absolute atomic E-state index is 12.1. The van der Waals surface area contributed by atoms with Crippen LogP contribution in [0.25, 0.3) is 0 Å². The lowest BCUT2D eigenvalue weighted by Gasteiger charge is -2.06.